The van der Waals surface area contributed by atoms with Gasteiger partial charge in [-0.15, -0.1) is 5.10 Å². The summed E-state index contributed by atoms with van der Waals surface area (Å²) in [6, 6.07) is 0. The van der Waals surface area contributed by atoms with E-state index in [4.69, 9.17) is 4.74 Å². The first kappa shape index (κ1) is 14.1. The van der Waals surface area contributed by atoms with E-state index in [9.17, 15) is 0 Å². The van der Waals surface area contributed by atoms with Gasteiger partial charge in [0.05, 0.1) is 29.6 Å². The van der Waals surface area contributed by atoms with Gasteiger partial charge < -0.3 is 4.74 Å². The minimum absolute atomic E-state index is 0.0270. The van der Waals surface area contributed by atoms with Crippen molar-refractivity contribution < 1.29 is 4.74 Å². The maximum Gasteiger partial charge on any atom is 0.0859 e. The van der Waals surface area contributed by atoms with Gasteiger partial charge in [-0.05, 0) is 71.6 Å². The van der Waals surface area contributed by atoms with Crippen molar-refractivity contribution in [2.45, 2.75) is 65.5 Å². The molecule has 0 saturated heterocycles. The van der Waals surface area contributed by atoms with Gasteiger partial charge in [-0.25, -0.2) is 4.68 Å². The third kappa shape index (κ3) is 2.50. The van der Waals surface area contributed by atoms with Crippen LogP contribution in [-0.2, 0) is 23.1 Å². The summed E-state index contributed by atoms with van der Waals surface area (Å²) < 4.78 is 7.97. The van der Waals surface area contributed by atoms with E-state index in [-0.39, 0.29) is 5.54 Å². The molecule has 0 N–H and O–H groups in total. The summed E-state index contributed by atoms with van der Waals surface area (Å²) in [6.07, 6.45) is 3.82. The number of hydrogen-bond acceptors (Lipinski definition) is 3. The molecule has 1 aromatic heterocycles. The molecule has 1 heterocycles. The van der Waals surface area contributed by atoms with Gasteiger partial charge in [0.15, 0.2) is 0 Å². The summed E-state index contributed by atoms with van der Waals surface area (Å²) in [5, 5.41) is 8.82. The first-order chi connectivity index (χ1) is 9.38. The zero-order chi connectivity index (χ0) is 14.5. The van der Waals surface area contributed by atoms with Crippen molar-refractivity contribution >= 4 is 0 Å². The van der Waals surface area contributed by atoms with Crippen LogP contribution in [0.1, 0.15) is 52.4 Å². The Bertz CT molecular complexity index is 486. The molecule has 1 saturated carbocycles. The van der Waals surface area contributed by atoms with Crippen LogP contribution in [0.25, 0.3) is 0 Å². The topological polar surface area (TPSA) is 39.9 Å². The van der Waals surface area contributed by atoms with Crippen LogP contribution in [0.5, 0.6) is 0 Å². The van der Waals surface area contributed by atoms with Gasteiger partial charge in [0.1, 0.15) is 0 Å². The Morgan fingerprint density at radius 3 is 2.70 bits per heavy atom. The van der Waals surface area contributed by atoms with Gasteiger partial charge in [-0.1, -0.05) is 5.21 Å². The van der Waals surface area contributed by atoms with Crippen molar-refractivity contribution in [3.05, 3.63) is 11.4 Å². The number of hydrogen-bond donors (Lipinski definition) is 0. The average molecular weight is 277 g/mol. The number of aromatic nitrogens is 3. The largest absolute Gasteiger partial charge is 0.378 e. The fourth-order valence-corrected chi connectivity index (χ4v) is 3.60. The maximum absolute atomic E-state index is 5.83. The first-order valence-electron chi connectivity index (χ1n) is 7.93. The van der Waals surface area contributed by atoms with Crippen LogP contribution in [0.4, 0.5) is 0 Å². The zero-order valence-electron chi connectivity index (χ0n) is 13.4. The highest BCUT2D eigenvalue weighted by Crippen LogP contribution is 2.53. The van der Waals surface area contributed by atoms with E-state index in [1.165, 1.54) is 17.8 Å². The molecule has 2 aliphatic carbocycles. The van der Waals surface area contributed by atoms with E-state index < -0.39 is 0 Å². The summed E-state index contributed by atoms with van der Waals surface area (Å²) >= 11 is 0. The molecule has 3 atom stereocenters. The van der Waals surface area contributed by atoms with Gasteiger partial charge in [0.25, 0.3) is 0 Å². The molecule has 0 bridgehead atoms. The molecule has 0 radical (unpaired) electrons. The SMILES string of the molecule is CC(C)OCC1C2CCc3nnn(C(C)(C)C)c3CC21. The standard InChI is InChI=1S/C16H27N3O/c1-10(2)20-9-13-11-6-7-14-15(8-12(11)13)19(18-17-14)16(3,4)5/h10-13H,6-9H2,1-5H3. The lowest BCUT2D eigenvalue weighted by atomic mass is 10.1. The van der Waals surface area contributed by atoms with Gasteiger partial charge >= 0.3 is 0 Å². The molecule has 3 rings (SSSR count). The van der Waals surface area contributed by atoms with Crippen molar-refractivity contribution in [3.63, 3.8) is 0 Å². The number of ether oxygens (including phenoxy) is 1. The highest BCUT2D eigenvalue weighted by atomic mass is 16.5. The molecule has 3 unspecified atom stereocenters. The number of nitrogens with zero attached hydrogens (tertiary/aromatic N) is 3. The van der Waals surface area contributed by atoms with Gasteiger partial charge in [-0.2, -0.15) is 0 Å². The molecule has 0 spiro atoms. The van der Waals surface area contributed by atoms with Crippen LogP contribution in [0.3, 0.4) is 0 Å². The molecule has 4 heteroatoms. The second-order valence-electron chi connectivity index (χ2n) is 7.68. The highest BCUT2D eigenvalue weighted by molar-refractivity contribution is 5.20. The fourth-order valence-electron chi connectivity index (χ4n) is 3.60. The Kier molecular flexibility index (Phi) is 3.39. The molecule has 112 valence electrons. The monoisotopic (exact) mass is 277 g/mol. The average Bonchev–Trinajstić information content (AvgIpc) is 2.88. The minimum atomic E-state index is 0.0270. The lowest BCUT2D eigenvalue weighted by Crippen LogP contribution is -2.26. The molecule has 20 heavy (non-hydrogen) atoms. The molecule has 0 aliphatic heterocycles. The maximum atomic E-state index is 5.83. The Balaban J connectivity index is 1.74. The van der Waals surface area contributed by atoms with Crippen molar-refractivity contribution in [1.29, 1.82) is 0 Å². The summed E-state index contributed by atoms with van der Waals surface area (Å²) in [4.78, 5) is 0. The number of aryl methyl sites for hydroxylation is 1. The van der Waals surface area contributed by atoms with E-state index in [2.05, 4.69) is 49.6 Å². The van der Waals surface area contributed by atoms with Crippen LogP contribution < -0.4 is 0 Å². The minimum Gasteiger partial charge on any atom is -0.378 e. The Morgan fingerprint density at radius 1 is 1.30 bits per heavy atom. The molecule has 1 fully saturated rings. The summed E-state index contributed by atoms with van der Waals surface area (Å²) in [7, 11) is 0. The predicted molar refractivity (Wildman–Crippen MR) is 78.6 cm³/mol. The van der Waals surface area contributed by atoms with Crippen LogP contribution in [0.15, 0.2) is 0 Å². The van der Waals surface area contributed by atoms with Crippen molar-refractivity contribution in [2.24, 2.45) is 17.8 Å². The smallest absolute Gasteiger partial charge is 0.0859 e. The zero-order valence-corrected chi connectivity index (χ0v) is 13.4. The number of rotatable bonds is 3. The fraction of sp³-hybridized carbons (Fsp3) is 0.875. The van der Waals surface area contributed by atoms with E-state index in [0.717, 1.165) is 37.2 Å². The number of fused-ring (bicyclic) bond motifs is 2. The van der Waals surface area contributed by atoms with E-state index in [0.29, 0.717) is 6.10 Å². The van der Waals surface area contributed by atoms with Crippen molar-refractivity contribution in [3.8, 4) is 0 Å². The van der Waals surface area contributed by atoms with Gasteiger partial charge in [0.2, 0.25) is 0 Å². The van der Waals surface area contributed by atoms with Gasteiger partial charge in [-0.3, -0.25) is 0 Å². The van der Waals surface area contributed by atoms with E-state index >= 15 is 0 Å². The van der Waals surface area contributed by atoms with Gasteiger partial charge in [0, 0.05) is 0 Å². The van der Waals surface area contributed by atoms with Crippen molar-refractivity contribution in [1.82, 2.24) is 15.0 Å². The molecule has 4 nitrogen and oxygen atoms in total. The Labute approximate surface area is 121 Å². The Morgan fingerprint density at radius 2 is 2.05 bits per heavy atom. The van der Waals surface area contributed by atoms with E-state index in [1.807, 2.05) is 0 Å². The summed E-state index contributed by atoms with van der Waals surface area (Å²) in [5.41, 5.74) is 2.63. The molecule has 1 aromatic rings. The third-order valence-corrected chi connectivity index (χ3v) is 4.75. The molecule has 2 aliphatic rings. The van der Waals surface area contributed by atoms with Crippen LogP contribution >= 0.6 is 0 Å². The lowest BCUT2D eigenvalue weighted by Gasteiger charge is -2.21. The normalized spacial score (nSPS) is 29.0. The quantitative estimate of drug-likeness (QED) is 0.853. The van der Waals surface area contributed by atoms with E-state index in [1.54, 1.807) is 0 Å². The lowest BCUT2D eigenvalue weighted by molar-refractivity contribution is 0.0655. The molecule has 0 aromatic carbocycles. The second kappa shape index (κ2) is 4.83. The molecular formula is C16H27N3O. The van der Waals surface area contributed by atoms with Crippen LogP contribution in [0.2, 0.25) is 0 Å². The second-order valence-corrected chi connectivity index (χ2v) is 7.68. The summed E-state index contributed by atoms with van der Waals surface area (Å²) in [6.45, 7) is 11.8. The first-order valence-corrected chi connectivity index (χ1v) is 7.93. The van der Waals surface area contributed by atoms with Crippen LogP contribution in [-0.4, -0.2) is 27.7 Å². The Hall–Kier alpha value is -0.900. The predicted octanol–water partition coefficient (Wildman–Crippen LogP) is 2.81. The molecule has 0 amide bonds. The van der Waals surface area contributed by atoms with Crippen molar-refractivity contribution in [2.75, 3.05) is 6.61 Å². The van der Waals surface area contributed by atoms with Crippen LogP contribution in [0, 0.1) is 17.8 Å². The highest BCUT2D eigenvalue weighted by Gasteiger charge is 2.51. The molecular weight excluding hydrogens is 250 g/mol. The third-order valence-electron chi connectivity index (χ3n) is 4.75. The summed E-state index contributed by atoms with van der Waals surface area (Å²) in [5.74, 6) is 2.39.